The highest BCUT2D eigenvalue weighted by Gasteiger charge is 2.13. The highest BCUT2D eigenvalue weighted by molar-refractivity contribution is 6.33. The van der Waals surface area contributed by atoms with E-state index in [0.717, 1.165) is 0 Å². The molecule has 0 saturated carbocycles. The summed E-state index contributed by atoms with van der Waals surface area (Å²) in [6, 6.07) is 6.33. The number of urea groups is 1. The van der Waals surface area contributed by atoms with E-state index in [-0.39, 0.29) is 13.0 Å². The van der Waals surface area contributed by atoms with Gasteiger partial charge in [-0.2, -0.15) is 0 Å². The monoisotopic (exact) mass is 286 g/mol. The maximum Gasteiger partial charge on any atom is 0.319 e. The first-order chi connectivity index (χ1) is 9.02. The van der Waals surface area contributed by atoms with Crippen molar-refractivity contribution in [1.29, 1.82) is 0 Å². The van der Waals surface area contributed by atoms with Gasteiger partial charge in [-0.1, -0.05) is 23.7 Å². The topological polar surface area (TPSA) is 87.7 Å². The number of carboxylic acids is 1. The fourth-order valence-electron chi connectivity index (χ4n) is 1.37. The maximum absolute atomic E-state index is 11.6. The van der Waals surface area contributed by atoms with Gasteiger partial charge in [0.15, 0.2) is 0 Å². The summed E-state index contributed by atoms with van der Waals surface area (Å²) in [6.07, 6.45) is -0.752. The van der Waals surface area contributed by atoms with Gasteiger partial charge in [-0.3, -0.25) is 4.79 Å². The highest BCUT2D eigenvalue weighted by atomic mass is 35.5. The van der Waals surface area contributed by atoms with Crippen molar-refractivity contribution in [3.8, 4) is 0 Å². The molecule has 1 rings (SSSR count). The standard InChI is InChI=1S/C12H15ClN2O4/c1-19-8(6-11(16)17)7-14-12(18)15-10-5-3-2-4-9(10)13/h2-5,8H,6-7H2,1H3,(H,16,17)(H2,14,15,18). The number of para-hydroxylation sites is 1. The van der Waals surface area contributed by atoms with E-state index in [1.165, 1.54) is 7.11 Å². The molecule has 1 aromatic rings. The van der Waals surface area contributed by atoms with Crippen LogP contribution in [-0.2, 0) is 9.53 Å². The number of anilines is 1. The van der Waals surface area contributed by atoms with E-state index < -0.39 is 18.1 Å². The number of hydrogen-bond acceptors (Lipinski definition) is 3. The Hall–Kier alpha value is -1.79. The van der Waals surface area contributed by atoms with Crippen LogP contribution in [0.4, 0.5) is 10.5 Å². The number of carboxylic acid groups (broad SMARTS) is 1. The quantitative estimate of drug-likeness (QED) is 0.746. The molecule has 0 spiro atoms. The Morgan fingerprint density at radius 3 is 2.68 bits per heavy atom. The van der Waals surface area contributed by atoms with Crippen molar-refractivity contribution in [2.24, 2.45) is 0 Å². The van der Waals surface area contributed by atoms with E-state index >= 15 is 0 Å². The van der Waals surface area contributed by atoms with Gasteiger partial charge in [0.05, 0.1) is 23.2 Å². The van der Waals surface area contributed by atoms with Crippen LogP contribution in [0.5, 0.6) is 0 Å². The minimum atomic E-state index is -0.986. The molecule has 104 valence electrons. The molecule has 1 unspecified atom stereocenters. The molecule has 0 saturated heterocycles. The van der Waals surface area contributed by atoms with Crippen molar-refractivity contribution in [1.82, 2.24) is 5.32 Å². The summed E-state index contributed by atoms with van der Waals surface area (Å²) in [5, 5.41) is 14.1. The average Bonchev–Trinajstić information content (AvgIpc) is 2.37. The van der Waals surface area contributed by atoms with Gasteiger partial charge < -0.3 is 20.5 Å². The predicted octanol–water partition coefficient (Wildman–Crippen LogP) is 1.95. The molecular formula is C12H15ClN2O4. The Balaban J connectivity index is 2.43. The van der Waals surface area contributed by atoms with Crippen molar-refractivity contribution >= 4 is 29.3 Å². The van der Waals surface area contributed by atoms with Gasteiger partial charge in [0.1, 0.15) is 0 Å². The van der Waals surface area contributed by atoms with Crippen LogP contribution in [0.25, 0.3) is 0 Å². The summed E-state index contributed by atoms with van der Waals surface area (Å²) < 4.78 is 4.94. The molecule has 7 heteroatoms. The number of nitrogens with one attached hydrogen (secondary N) is 2. The smallest absolute Gasteiger partial charge is 0.319 e. The molecule has 6 nitrogen and oxygen atoms in total. The largest absolute Gasteiger partial charge is 0.481 e. The van der Waals surface area contributed by atoms with Gasteiger partial charge in [-0.15, -0.1) is 0 Å². The lowest BCUT2D eigenvalue weighted by molar-refractivity contribution is -0.139. The van der Waals surface area contributed by atoms with Crippen LogP contribution in [0.2, 0.25) is 5.02 Å². The van der Waals surface area contributed by atoms with Gasteiger partial charge in [0, 0.05) is 13.7 Å². The third-order valence-electron chi connectivity index (χ3n) is 2.35. The lowest BCUT2D eigenvalue weighted by Gasteiger charge is -2.14. The maximum atomic E-state index is 11.6. The normalized spacial score (nSPS) is 11.7. The van der Waals surface area contributed by atoms with Crippen LogP contribution >= 0.6 is 11.6 Å². The molecule has 1 atom stereocenters. The summed E-state index contributed by atoms with van der Waals surface area (Å²) in [6.45, 7) is 0.0963. The molecule has 0 bridgehead atoms. The fraction of sp³-hybridized carbons (Fsp3) is 0.333. The molecular weight excluding hydrogens is 272 g/mol. The highest BCUT2D eigenvalue weighted by Crippen LogP contribution is 2.19. The second-order valence-electron chi connectivity index (χ2n) is 3.77. The second-order valence-corrected chi connectivity index (χ2v) is 4.18. The molecule has 19 heavy (non-hydrogen) atoms. The van der Waals surface area contributed by atoms with E-state index in [1.54, 1.807) is 24.3 Å². The first kappa shape index (κ1) is 15.3. The summed E-state index contributed by atoms with van der Waals surface area (Å²) in [7, 11) is 1.39. The van der Waals surface area contributed by atoms with Crippen LogP contribution < -0.4 is 10.6 Å². The first-order valence-corrected chi connectivity index (χ1v) is 5.94. The Bertz CT molecular complexity index is 453. The number of ether oxygens (including phenoxy) is 1. The number of carbonyl (C=O) groups is 2. The second kappa shape index (κ2) is 7.60. The van der Waals surface area contributed by atoms with Crippen molar-refractivity contribution in [3.05, 3.63) is 29.3 Å². The van der Waals surface area contributed by atoms with Gasteiger partial charge in [-0.25, -0.2) is 4.79 Å². The third kappa shape index (κ3) is 5.58. The molecule has 2 amide bonds. The zero-order valence-electron chi connectivity index (χ0n) is 10.4. The Kier molecular flexibility index (Phi) is 6.11. The number of halogens is 1. The molecule has 0 heterocycles. The molecule has 0 aromatic heterocycles. The zero-order chi connectivity index (χ0) is 14.3. The van der Waals surface area contributed by atoms with Gasteiger partial charge >= 0.3 is 12.0 Å². The number of rotatable bonds is 6. The molecule has 3 N–H and O–H groups in total. The zero-order valence-corrected chi connectivity index (χ0v) is 11.1. The van der Waals surface area contributed by atoms with Crippen molar-refractivity contribution in [2.75, 3.05) is 19.0 Å². The number of carbonyl (C=O) groups excluding carboxylic acids is 1. The number of amides is 2. The number of hydrogen-bond donors (Lipinski definition) is 3. The van der Waals surface area contributed by atoms with Crippen LogP contribution in [0, 0.1) is 0 Å². The van der Waals surface area contributed by atoms with Crippen LogP contribution in [0.1, 0.15) is 6.42 Å². The van der Waals surface area contributed by atoms with Crippen LogP contribution in [0.15, 0.2) is 24.3 Å². The summed E-state index contributed by atoms with van der Waals surface area (Å²) >= 11 is 5.88. The van der Waals surface area contributed by atoms with E-state index in [4.69, 9.17) is 21.4 Å². The van der Waals surface area contributed by atoms with E-state index in [0.29, 0.717) is 10.7 Å². The predicted molar refractivity (Wildman–Crippen MR) is 71.5 cm³/mol. The SMILES string of the molecule is COC(CNC(=O)Nc1ccccc1Cl)CC(=O)O. The summed E-state index contributed by atoms with van der Waals surface area (Å²) in [4.78, 5) is 22.1. The summed E-state index contributed by atoms with van der Waals surface area (Å²) in [5.74, 6) is -0.986. The molecule has 1 aromatic carbocycles. The van der Waals surface area contributed by atoms with Crippen molar-refractivity contribution in [2.45, 2.75) is 12.5 Å². The van der Waals surface area contributed by atoms with Gasteiger partial charge in [0.2, 0.25) is 0 Å². The minimum absolute atomic E-state index is 0.0963. The first-order valence-electron chi connectivity index (χ1n) is 5.57. The van der Waals surface area contributed by atoms with Crippen LogP contribution in [0.3, 0.4) is 0 Å². The van der Waals surface area contributed by atoms with Gasteiger partial charge in [-0.05, 0) is 12.1 Å². The lowest BCUT2D eigenvalue weighted by Crippen LogP contribution is -2.37. The Morgan fingerprint density at radius 1 is 1.42 bits per heavy atom. The Morgan fingerprint density at radius 2 is 2.11 bits per heavy atom. The molecule has 0 aliphatic carbocycles. The fourth-order valence-corrected chi connectivity index (χ4v) is 1.55. The van der Waals surface area contributed by atoms with Crippen LogP contribution in [-0.4, -0.2) is 36.9 Å². The van der Waals surface area contributed by atoms with Crippen molar-refractivity contribution < 1.29 is 19.4 Å². The van der Waals surface area contributed by atoms with E-state index in [9.17, 15) is 9.59 Å². The third-order valence-corrected chi connectivity index (χ3v) is 2.68. The van der Waals surface area contributed by atoms with Crippen molar-refractivity contribution in [3.63, 3.8) is 0 Å². The molecule has 0 radical (unpaired) electrons. The number of aliphatic carboxylic acids is 1. The minimum Gasteiger partial charge on any atom is -0.481 e. The van der Waals surface area contributed by atoms with E-state index in [2.05, 4.69) is 10.6 Å². The number of benzene rings is 1. The molecule has 0 fully saturated rings. The van der Waals surface area contributed by atoms with Gasteiger partial charge in [0.25, 0.3) is 0 Å². The number of methoxy groups -OCH3 is 1. The molecule has 0 aliphatic heterocycles. The average molecular weight is 287 g/mol. The van der Waals surface area contributed by atoms with E-state index in [1.807, 2.05) is 0 Å². The summed E-state index contributed by atoms with van der Waals surface area (Å²) in [5.41, 5.74) is 0.480. The molecule has 0 aliphatic rings. The lowest BCUT2D eigenvalue weighted by atomic mass is 10.2. The Labute approximate surface area is 115 Å².